The van der Waals surface area contributed by atoms with Crippen LogP contribution in [0.3, 0.4) is 0 Å². The zero-order valence-corrected chi connectivity index (χ0v) is 13.1. The number of nitrogens with one attached hydrogen (secondary N) is 1. The van der Waals surface area contributed by atoms with Crippen molar-refractivity contribution in [2.75, 3.05) is 7.11 Å². The van der Waals surface area contributed by atoms with Crippen molar-refractivity contribution in [3.05, 3.63) is 71.8 Å². The van der Waals surface area contributed by atoms with Crippen molar-refractivity contribution in [3.8, 4) is 11.5 Å². The summed E-state index contributed by atoms with van der Waals surface area (Å²) < 4.78 is 5.09. The van der Waals surface area contributed by atoms with Crippen LogP contribution in [-0.2, 0) is 0 Å². The van der Waals surface area contributed by atoms with E-state index >= 15 is 0 Å². The Balaban J connectivity index is 1.80. The monoisotopic (exact) mass is 320 g/mol. The largest absolute Gasteiger partial charge is 0.507 e. The van der Waals surface area contributed by atoms with Gasteiger partial charge in [0.2, 0.25) is 0 Å². The Morgan fingerprint density at radius 3 is 2.75 bits per heavy atom. The average Bonchev–Trinajstić information content (AvgIpc) is 2.62. The zero-order chi connectivity index (χ0) is 16.9. The highest BCUT2D eigenvalue weighted by Gasteiger charge is 2.08. The topological polar surface area (TPSA) is 70.9 Å². The van der Waals surface area contributed by atoms with Crippen molar-refractivity contribution in [3.63, 3.8) is 0 Å². The summed E-state index contributed by atoms with van der Waals surface area (Å²) in [5.41, 5.74) is 3.48. The van der Waals surface area contributed by atoms with E-state index in [-0.39, 0.29) is 11.7 Å². The summed E-state index contributed by atoms with van der Waals surface area (Å²) in [6.07, 6.45) is 1.38. The molecule has 5 nitrogen and oxygen atoms in total. The Labute approximate surface area is 139 Å². The maximum Gasteiger partial charge on any atom is 0.271 e. The molecule has 0 aliphatic heterocycles. The van der Waals surface area contributed by atoms with Gasteiger partial charge >= 0.3 is 0 Å². The Bertz CT molecular complexity index is 914. The fourth-order valence-electron chi connectivity index (χ4n) is 2.41. The first-order valence-corrected chi connectivity index (χ1v) is 7.37. The summed E-state index contributed by atoms with van der Waals surface area (Å²) in [6, 6.07) is 17.9. The lowest BCUT2D eigenvalue weighted by Crippen LogP contribution is -2.17. The molecule has 0 fully saturated rings. The predicted octanol–water partition coefficient (Wildman–Crippen LogP) is 3.32. The van der Waals surface area contributed by atoms with Gasteiger partial charge in [-0.15, -0.1) is 0 Å². The second-order valence-electron chi connectivity index (χ2n) is 5.15. The van der Waals surface area contributed by atoms with Gasteiger partial charge in [-0.3, -0.25) is 4.79 Å². The van der Waals surface area contributed by atoms with Gasteiger partial charge in [0.25, 0.3) is 5.91 Å². The summed E-state index contributed by atoms with van der Waals surface area (Å²) >= 11 is 0. The molecular formula is C19H16N2O3. The lowest BCUT2D eigenvalue weighted by molar-refractivity contribution is 0.0957. The van der Waals surface area contributed by atoms with Crippen LogP contribution in [0.4, 0.5) is 0 Å². The van der Waals surface area contributed by atoms with E-state index in [1.54, 1.807) is 18.2 Å². The quantitative estimate of drug-likeness (QED) is 0.572. The van der Waals surface area contributed by atoms with Crippen LogP contribution >= 0.6 is 0 Å². The Hall–Kier alpha value is -3.34. The molecule has 0 saturated carbocycles. The van der Waals surface area contributed by atoms with Crippen LogP contribution in [0, 0.1) is 0 Å². The number of phenols is 1. The van der Waals surface area contributed by atoms with Gasteiger partial charge in [-0.05, 0) is 35.0 Å². The minimum Gasteiger partial charge on any atom is -0.507 e. The van der Waals surface area contributed by atoms with E-state index in [1.165, 1.54) is 19.4 Å². The van der Waals surface area contributed by atoms with Crippen molar-refractivity contribution in [2.24, 2.45) is 5.10 Å². The highest BCUT2D eigenvalue weighted by atomic mass is 16.5. The van der Waals surface area contributed by atoms with Gasteiger partial charge in [0.1, 0.15) is 11.5 Å². The average molecular weight is 320 g/mol. The van der Waals surface area contributed by atoms with E-state index < -0.39 is 0 Å². The summed E-state index contributed by atoms with van der Waals surface area (Å²) in [5, 5.41) is 15.6. The van der Waals surface area contributed by atoms with Crippen LogP contribution in [-0.4, -0.2) is 24.3 Å². The number of ether oxygens (including phenoxy) is 1. The number of hydrogen-bond donors (Lipinski definition) is 2. The summed E-state index contributed by atoms with van der Waals surface area (Å²) in [4.78, 5) is 12.3. The fourth-order valence-corrected chi connectivity index (χ4v) is 2.41. The second kappa shape index (κ2) is 6.83. The van der Waals surface area contributed by atoms with Crippen LogP contribution in [0.25, 0.3) is 10.8 Å². The number of benzene rings is 3. The highest BCUT2D eigenvalue weighted by Crippen LogP contribution is 2.21. The first-order valence-electron chi connectivity index (χ1n) is 7.37. The first-order chi connectivity index (χ1) is 11.7. The molecule has 0 aliphatic rings. The van der Waals surface area contributed by atoms with Crippen molar-refractivity contribution in [2.45, 2.75) is 0 Å². The lowest BCUT2D eigenvalue weighted by atomic mass is 10.0. The van der Waals surface area contributed by atoms with E-state index in [9.17, 15) is 9.90 Å². The van der Waals surface area contributed by atoms with Crippen LogP contribution in [0.2, 0.25) is 0 Å². The van der Waals surface area contributed by atoms with Gasteiger partial charge in [0.15, 0.2) is 0 Å². The molecule has 24 heavy (non-hydrogen) atoms. The molecule has 0 spiro atoms. The zero-order valence-electron chi connectivity index (χ0n) is 13.1. The van der Waals surface area contributed by atoms with Crippen LogP contribution in [0.1, 0.15) is 15.9 Å². The van der Waals surface area contributed by atoms with Gasteiger partial charge < -0.3 is 9.84 Å². The molecule has 0 aromatic heterocycles. The number of fused-ring (bicyclic) bond motifs is 1. The summed E-state index contributed by atoms with van der Waals surface area (Å²) in [5.74, 6) is 0.332. The SMILES string of the molecule is COc1ccc(O)c(C=NNC(=O)c2cccc3ccccc23)c1. The number of carbonyl (C=O) groups excluding carboxylic acids is 1. The van der Waals surface area contributed by atoms with E-state index in [0.29, 0.717) is 16.9 Å². The predicted molar refractivity (Wildman–Crippen MR) is 93.7 cm³/mol. The normalized spacial score (nSPS) is 10.9. The third-order valence-corrected chi connectivity index (χ3v) is 3.64. The number of hydrazone groups is 1. The first kappa shape index (κ1) is 15.6. The number of phenolic OH excluding ortho intramolecular Hbond substituents is 1. The van der Waals surface area contributed by atoms with Gasteiger partial charge in [-0.2, -0.15) is 5.10 Å². The highest BCUT2D eigenvalue weighted by molar-refractivity contribution is 6.07. The summed E-state index contributed by atoms with van der Waals surface area (Å²) in [7, 11) is 1.54. The van der Waals surface area contributed by atoms with Crippen LogP contribution in [0.5, 0.6) is 11.5 Å². The van der Waals surface area contributed by atoms with Crippen LogP contribution in [0.15, 0.2) is 65.8 Å². The molecule has 3 aromatic carbocycles. The minimum atomic E-state index is -0.314. The van der Waals surface area contributed by atoms with Crippen molar-refractivity contribution < 1.29 is 14.6 Å². The van der Waals surface area contributed by atoms with E-state index in [2.05, 4.69) is 10.5 Å². The van der Waals surface area contributed by atoms with E-state index in [0.717, 1.165) is 10.8 Å². The maximum absolute atomic E-state index is 12.3. The molecule has 5 heteroatoms. The van der Waals surface area contributed by atoms with Gasteiger partial charge in [0.05, 0.1) is 13.3 Å². The molecule has 3 rings (SSSR count). The Morgan fingerprint density at radius 2 is 1.92 bits per heavy atom. The Kier molecular flexibility index (Phi) is 4.43. The summed E-state index contributed by atoms with van der Waals surface area (Å²) in [6.45, 7) is 0. The number of amides is 1. The van der Waals surface area contributed by atoms with Gasteiger partial charge in [-0.25, -0.2) is 5.43 Å². The molecule has 1 amide bonds. The van der Waals surface area contributed by atoms with E-state index in [4.69, 9.17) is 4.74 Å². The molecule has 0 unspecified atom stereocenters. The standard InChI is InChI=1S/C19H16N2O3/c1-24-15-9-10-18(22)14(11-15)12-20-21-19(23)17-8-4-6-13-5-2-3-7-16(13)17/h2-12,22H,1H3,(H,21,23). The lowest BCUT2D eigenvalue weighted by Gasteiger charge is -2.05. The van der Waals surface area contributed by atoms with Gasteiger partial charge in [0, 0.05) is 11.1 Å². The fraction of sp³-hybridized carbons (Fsp3) is 0.0526. The Morgan fingerprint density at radius 1 is 1.12 bits per heavy atom. The smallest absolute Gasteiger partial charge is 0.271 e. The minimum absolute atomic E-state index is 0.0546. The second-order valence-corrected chi connectivity index (χ2v) is 5.15. The van der Waals surface area contributed by atoms with Crippen LogP contribution < -0.4 is 10.2 Å². The van der Waals surface area contributed by atoms with Gasteiger partial charge in [-0.1, -0.05) is 36.4 Å². The third-order valence-electron chi connectivity index (χ3n) is 3.64. The maximum atomic E-state index is 12.3. The molecule has 0 atom stereocenters. The molecular weight excluding hydrogens is 304 g/mol. The van der Waals surface area contributed by atoms with E-state index in [1.807, 2.05) is 36.4 Å². The van der Waals surface area contributed by atoms with Crippen molar-refractivity contribution in [1.29, 1.82) is 0 Å². The molecule has 0 saturated heterocycles. The number of carbonyl (C=O) groups is 1. The molecule has 120 valence electrons. The molecule has 0 radical (unpaired) electrons. The number of hydrogen-bond acceptors (Lipinski definition) is 4. The third kappa shape index (κ3) is 3.20. The molecule has 0 heterocycles. The number of rotatable bonds is 4. The molecule has 0 aliphatic carbocycles. The molecule has 2 N–H and O–H groups in total. The number of methoxy groups -OCH3 is 1. The van der Waals surface area contributed by atoms with Crippen molar-refractivity contribution in [1.82, 2.24) is 5.43 Å². The van der Waals surface area contributed by atoms with Crippen molar-refractivity contribution >= 4 is 22.9 Å². The number of aromatic hydroxyl groups is 1. The molecule has 3 aromatic rings. The number of nitrogens with zero attached hydrogens (tertiary/aromatic N) is 1. The molecule has 0 bridgehead atoms.